The van der Waals surface area contributed by atoms with Crippen LogP contribution in [0.1, 0.15) is 20.8 Å². The topological polar surface area (TPSA) is 92.3 Å². The minimum absolute atomic E-state index is 0.0206. The number of nitrogens with zero attached hydrogens (tertiary/aromatic N) is 4. The zero-order chi connectivity index (χ0) is 22.2. The number of fused-ring (bicyclic) bond motifs is 1. The molecule has 0 spiro atoms. The fourth-order valence-corrected chi connectivity index (χ4v) is 3.52. The van der Waals surface area contributed by atoms with Crippen molar-refractivity contribution >= 4 is 50.4 Å². The van der Waals surface area contributed by atoms with Gasteiger partial charge in [-0.15, -0.1) is 0 Å². The highest BCUT2D eigenvalue weighted by Crippen LogP contribution is 2.29. The van der Waals surface area contributed by atoms with E-state index in [1.807, 2.05) is 37.8 Å². The molecule has 2 N–H and O–H groups in total. The molecule has 0 saturated carbocycles. The van der Waals surface area contributed by atoms with Crippen LogP contribution in [-0.2, 0) is 4.74 Å². The lowest BCUT2D eigenvalue weighted by molar-refractivity contribution is 0.0496. The normalized spacial score (nSPS) is 14.3. The van der Waals surface area contributed by atoms with E-state index >= 15 is 0 Å². The molecule has 0 aliphatic carbocycles. The highest BCUT2D eigenvalue weighted by molar-refractivity contribution is 9.10. The Bertz CT molecular complexity index is 1130. The second kappa shape index (κ2) is 8.26. The second-order valence-electron chi connectivity index (χ2n) is 8.23. The number of benzene rings is 1. The highest BCUT2D eigenvalue weighted by Gasteiger charge is 2.31. The number of pyridine rings is 1. The van der Waals surface area contributed by atoms with Crippen molar-refractivity contribution in [3.05, 3.63) is 46.9 Å². The second-order valence-corrected chi connectivity index (χ2v) is 9.09. The predicted octanol–water partition coefficient (Wildman–Crippen LogP) is 4.38. The van der Waals surface area contributed by atoms with Crippen LogP contribution in [-0.4, -0.2) is 45.8 Å². The first-order chi connectivity index (χ1) is 14.7. The van der Waals surface area contributed by atoms with Crippen LogP contribution in [0.5, 0.6) is 0 Å². The number of halogens is 2. The zero-order valence-corrected chi connectivity index (χ0v) is 18.9. The molecule has 0 atom stereocenters. The van der Waals surface area contributed by atoms with Gasteiger partial charge in [-0.1, -0.05) is 6.07 Å². The van der Waals surface area contributed by atoms with E-state index in [1.54, 1.807) is 18.2 Å². The van der Waals surface area contributed by atoms with Crippen molar-refractivity contribution in [1.82, 2.24) is 20.3 Å². The third-order valence-electron chi connectivity index (χ3n) is 4.60. The van der Waals surface area contributed by atoms with E-state index in [0.29, 0.717) is 34.4 Å². The van der Waals surface area contributed by atoms with Crippen LogP contribution >= 0.6 is 15.9 Å². The Morgan fingerprint density at radius 2 is 2.00 bits per heavy atom. The third-order valence-corrected chi connectivity index (χ3v) is 5.21. The standard InChI is InChI=1S/C21H22BrFN6O2/c1-21(2,3)31-20(30)26-12-9-29(10-12)16-8-7-15-18(28-16)19(25-11-24-15)27-14-6-4-5-13(22)17(14)23/h4-8,11-12H,9-10H2,1-3H3,(H,26,30)(H,24,25,27). The monoisotopic (exact) mass is 488 g/mol. The van der Waals surface area contributed by atoms with Gasteiger partial charge in [-0.3, -0.25) is 0 Å². The molecule has 1 amide bonds. The van der Waals surface area contributed by atoms with E-state index in [9.17, 15) is 9.18 Å². The lowest BCUT2D eigenvalue weighted by atomic mass is 10.1. The molecule has 3 aromatic rings. The molecule has 10 heteroatoms. The Morgan fingerprint density at radius 3 is 2.74 bits per heavy atom. The molecule has 31 heavy (non-hydrogen) atoms. The molecule has 2 aromatic heterocycles. The number of anilines is 3. The summed E-state index contributed by atoms with van der Waals surface area (Å²) < 4.78 is 20.0. The number of amides is 1. The molecule has 8 nitrogen and oxygen atoms in total. The number of hydrogen-bond acceptors (Lipinski definition) is 7. The van der Waals surface area contributed by atoms with Crippen molar-refractivity contribution in [2.24, 2.45) is 0 Å². The van der Waals surface area contributed by atoms with E-state index < -0.39 is 17.5 Å². The van der Waals surface area contributed by atoms with Crippen LogP contribution in [0.4, 0.5) is 26.5 Å². The number of nitrogens with one attached hydrogen (secondary N) is 2. The van der Waals surface area contributed by atoms with E-state index in [1.165, 1.54) is 6.33 Å². The third kappa shape index (κ3) is 4.84. The maximum Gasteiger partial charge on any atom is 0.407 e. The summed E-state index contributed by atoms with van der Waals surface area (Å²) in [6.07, 6.45) is 0.978. The fraction of sp³-hybridized carbons (Fsp3) is 0.333. The molecule has 0 unspecified atom stereocenters. The van der Waals surface area contributed by atoms with Crippen molar-refractivity contribution in [2.45, 2.75) is 32.4 Å². The van der Waals surface area contributed by atoms with Gasteiger partial charge in [0, 0.05) is 13.1 Å². The molecule has 1 aliphatic rings. The molecule has 1 saturated heterocycles. The number of ether oxygens (including phenoxy) is 1. The van der Waals surface area contributed by atoms with Gasteiger partial charge in [-0.25, -0.2) is 24.1 Å². The number of aromatic nitrogens is 3. The Labute approximate surface area is 187 Å². The Morgan fingerprint density at radius 1 is 1.23 bits per heavy atom. The number of carbonyl (C=O) groups is 1. The van der Waals surface area contributed by atoms with Crippen LogP contribution in [0.15, 0.2) is 41.1 Å². The summed E-state index contributed by atoms with van der Waals surface area (Å²) >= 11 is 3.19. The molecule has 4 rings (SSSR count). The maximum absolute atomic E-state index is 14.4. The van der Waals surface area contributed by atoms with Crippen LogP contribution in [0.25, 0.3) is 11.0 Å². The van der Waals surface area contributed by atoms with Gasteiger partial charge >= 0.3 is 6.09 Å². The smallest absolute Gasteiger partial charge is 0.407 e. The molecule has 162 valence electrons. The number of hydrogen-bond donors (Lipinski definition) is 2. The largest absolute Gasteiger partial charge is 0.444 e. The number of rotatable bonds is 4. The van der Waals surface area contributed by atoms with Crippen molar-refractivity contribution < 1.29 is 13.9 Å². The average molecular weight is 489 g/mol. The van der Waals surface area contributed by atoms with Gasteiger partial charge in [0.25, 0.3) is 0 Å². The Balaban J connectivity index is 1.49. The maximum atomic E-state index is 14.4. The van der Waals surface area contributed by atoms with Gasteiger partial charge in [0.15, 0.2) is 11.6 Å². The average Bonchev–Trinajstić information content (AvgIpc) is 2.66. The molecule has 1 aromatic carbocycles. The SMILES string of the molecule is CC(C)(C)OC(=O)NC1CN(c2ccc3ncnc(Nc4cccc(Br)c4F)c3n2)C1. The lowest BCUT2D eigenvalue weighted by Crippen LogP contribution is -2.60. The zero-order valence-electron chi connectivity index (χ0n) is 17.3. The predicted molar refractivity (Wildman–Crippen MR) is 120 cm³/mol. The van der Waals surface area contributed by atoms with Crippen LogP contribution in [0.2, 0.25) is 0 Å². The van der Waals surface area contributed by atoms with E-state index in [-0.39, 0.29) is 11.7 Å². The van der Waals surface area contributed by atoms with Crippen molar-refractivity contribution in [3.8, 4) is 0 Å². The van der Waals surface area contributed by atoms with E-state index in [0.717, 1.165) is 5.82 Å². The van der Waals surface area contributed by atoms with Gasteiger partial charge in [0.1, 0.15) is 23.3 Å². The van der Waals surface area contributed by atoms with Crippen LogP contribution < -0.4 is 15.5 Å². The number of alkyl carbamates (subject to hydrolysis) is 1. The first-order valence-corrected chi connectivity index (χ1v) is 10.6. The van der Waals surface area contributed by atoms with Gasteiger partial charge in [-0.2, -0.15) is 0 Å². The first-order valence-electron chi connectivity index (χ1n) is 9.77. The lowest BCUT2D eigenvalue weighted by Gasteiger charge is -2.40. The summed E-state index contributed by atoms with van der Waals surface area (Å²) in [5.41, 5.74) is 0.917. The molecule has 1 fully saturated rings. The number of carbonyl (C=O) groups excluding carboxylic acids is 1. The Hall–Kier alpha value is -3.01. The van der Waals surface area contributed by atoms with E-state index in [2.05, 4.69) is 41.5 Å². The molecular formula is C21H22BrFN6O2. The minimum Gasteiger partial charge on any atom is -0.444 e. The minimum atomic E-state index is -0.537. The van der Waals surface area contributed by atoms with Crippen molar-refractivity contribution in [1.29, 1.82) is 0 Å². The molecular weight excluding hydrogens is 467 g/mol. The first kappa shape index (κ1) is 21.2. The fourth-order valence-electron chi connectivity index (χ4n) is 3.16. The molecule has 0 radical (unpaired) electrons. The van der Waals surface area contributed by atoms with Crippen molar-refractivity contribution in [3.63, 3.8) is 0 Å². The molecule has 1 aliphatic heterocycles. The van der Waals surface area contributed by atoms with Gasteiger partial charge in [0.2, 0.25) is 0 Å². The molecule has 0 bridgehead atoms. The summed E-state index contributed by atoms with van der Waals surface area (Å²) in [4.78, 5) is 27.1. The van der Waals surface area contributed by atoms with E-state index in [4.69, 9.17) is 4.74 Å². The van der Waals surface area contributed by atoms with Crippen LogP contribution in [0.3, 0.4) is 0 Å². The Kier molecular flexibility index (Phi) is 5.65. The molecule has 3 heterocycles. The van der Waals surface area contributed by atoms with Crippen molar-refractivity contribution in [2.75, 3.05) is 23.3 Å². The van der Waals surface area contributed by atoms with Gasteiger partial charge < -0.3 is 20.3 Å². The summed E-state index contributed by atoms with van der Waals surface area (Å²) in [6.45, 7) is 6.69. The van der Waals surface area contributed by atoms with Gasteiger partial charge in [0.05, 0.1) is 21.7 Å². The van der Waals surface area contributed by atoms with Gasteiger partial charge in [-0.05, 0) is 61.0 Å². The summed E-state index contributed by atoms with van der Waals surface area (Å²) in [5.74, 6) is 0.722. The quantitative estimate of drug-likeness (QED) is 0.562. The summed E-state index contributed by atoms with van der Waals surface area (Å²) in [5, 5.41) is 5.86. The van der Waals surface area contributed by atoms with Crippen LogP contribution in [0, 0.1) is 5.82 Å². The summed E-state index contributed by atoms with van der Waals surface area (Å²) in [6, 6.07) is 8.67. The highest BCUT2D eigenvalue weighted by atomic mass is 79.9. The summed E-state index contributed by atoms with van der Waals surface area (Å²) in [7, 11) is 0.